The van der Waals surface area contributed by atoms with E-state index in [-0.39, 0.29) is 17.0 Å². The molecule has 0 saturated heterocycles. The van der Waals surface area contributed by atoms with Gasteiger partial charge in [-0.1, -0.05) is 0 Å². The summed E-state index contributed by atoms with van der Waals surface area (Å²) in [5, 5.41) is 18.5. The summed E-state index contributed by atoms with van der Waals surface area (Å²) in [7, 11) is 0. The fourth-order valence-corrected chi connectivity index (χ4v) is 1.25. The standard InChI is InChI=1S/C12H10N4O3/c17-9-3-1-8(2-4-9)7-13-16-12(19)10-5-6-11(18)15-14-10/h1-7,17H,(H,15,18)(H,16,19)/b13-7+. The Morgan fingerprint density at radius 2 is 2.00 bits per heavy atom. The predicted octanol–water partition coefficient (Wildman–Crippen LogP) is 0.239. The Labute approximate surface area is 107 Å². The molecule has 0 spiro atoms. The smallest absolute Gasteiger partial charge is 0.291 e. The predicted molar refractivity (Wildman–Crippen MR) is 68.0 cm³/mol. The maximum Gasteiger partial charge on any atom is 0.291 e. The van der Waals surface area contributed by atoms with Gasteiger partial charge in [0, 0.05) is 6.07 Å². The van der Waals surface area contributed by atoms with E-state index >= 15 is 0 Å². The van der Waals surface area contributed by atoms with E-state index in [0.717, 1.165) is 0 Å². The molecule has 1 aromatic carbocycles. The van der Waals surface area contributed by atoms with Crippen molar-refractivity contribution in [1.82, 2.24) is 15.6 Å². The van der Waals surface area contributed by atoms with Gasteiger partial charge in [0.2, 0.25) is 0 Å². The van der Waals surface area contributed by atoms with Crippen LogP contribution in [0.15, 0.2) is 46.3 Å². The number of hydrogen-bond acceptors (Lipinski definition) is 5. The van der Waals surface area contributed by atoms with Gasteiger partial charge >= 0.3 is 0 Å². The summed E-state index contributed by atoms with van der Waals surface area (Å²) in [5.74, 6) is -0.384. The third kappa shape index (κ3) is 3.50. The maximum atomic E-state index is 11.6. The molecule has 7 heteroatoms. The molecule has 0 radical (unpaired) electrons. The average Bonchev–Trinajstić information content (AvgIpc) is 2.41. The molecule has 2 rings (SSSR count). The normalized spacial score (nSPS) is 10.5. The minimum absolute atomic E-state index is 0.0578. The molecule has 1 amide bonds. The highest BCUT2D eigenvalue weighted by Crippen LogP contribution is 2.07. The number of nitrogens with one attached hydrogen (secondary N) is 2. The van der Waals surface area contributed by atoms with Crippen LogP contribution in [0, 0.1) is 0 Å². The Bertz CT molecular complexity index is 641. The number of hydrazone groups is 1. The number of carbonyl (C=O) groups is 1. The zero-order valence-electron chi connectivity index (χ0n) is 9.70. The van der Waals surface area contributed by atoms with Crippen molar-refractivity contribution in [3.8, 4) is 5.75 Å². The van der Waals surface area contributed by atoms with E-state index < -0.39 is 5.91 Å². The van der Waals surface area contributed by atoms with E-state index in [0.29, 0.717) is 5.56 Å². The van der Waals surface area contributed by atoms with Gasteiger partial charge in [0.1, 0.15) is 5.75 Å². The third-order valence-electron chi connectivity index (χ3n) is 2.18. The number of aromatic amines is 1. The molecule has 0 atom stereocenters. The molecule has 1 heterocycles. The Morgan fingerprint density at radius 3 is 2.63 bits per heavy atom. The number of H-pyrrole nitrogens is 1. The van der Waals surface area contributed by atoms with Gasteiger partial charge in [0.25, 0.3) is 11.5 Å². The van der Waals surface area contributed by atoms with Crippen LogP contribution in [0.25, 0.3) is 0 Å². The number of phenolic OH excluding ortho intramolecular Hbond substituents is 1. The zero-order chi connectivity index (χ0) is 13.7. The molecular weight excluding hydrogens is 248 g/mol. The van der Waals surface area contributed by atoms with Gasteiger partial charge in [0.15, 0.2) is 5.69 Å². The van der Waals surface area contributed by atoms with E-state index in [1.54, 1.807) is 12.1 Å². The van der Waals surface area contributed by atoms with Crippen LogP contribution in [0.2, 0.25) is 0 Å². The highest BCUT2D eigenvalue weighted by Gasteiger charge is 2.04. The van der Waals surface area contributed by atoms with E-state index in [1.807, 2.05) is 0 Å². The van der Waals surface area contributed by atoms with Crippen LogP contribution in [0.3, 0.4) is 0 Å². The number of carbonyl (C=O) groups excluding carboxylic acids is 1. The summed E-state index contributed by atoms with van der Waals surface area (Å²) in [4.78, 5) is 22.3. The van der Waals surface area contributed by atoms with Crippen LogP contribution in [0.5, 0.6) is 5.75 Å². The first kappa shape index (κ1) is 12.5. The second-order valence-corrected chi connectivity index (χ2v) is 3.60. The summed E-state index contributed by atoms with van der Waals surface area (Å²) in [5.41, 5.74) is 2.65. The minimum Gasteiger partial charge on any atom is -0.508 e. The number of hydrogen-bond donors (Lipinski definition) is 3. The summed E-state index contributed by atoms with van der Waals surface area (Å²) < 4.78 is 0. The molecule has 0 fully saturated rings. The van der Waals surface area contributed by atoms with Crippen molar-refractivity contribution in [2.24, 2.45) is 5.10 Å². The summed E-state index contributed by atoms with van der Waals surface area (Å²) in [6.45, 7) is 0. The fraction of sp³-hybridized carbons (Fsp3) is 0. The quantitative estimate of drug-likeness (QED) is 0.541. The van der Waals surface area contributed by atoms with Crippen LogP contribution < -0.4 is 11.0 Å². The first-order chi connectivity index (χ1) is 9.15. The molecule has 0 aliphatic heterocycles. The van der Waals surface area contributed by atoms with Gasteiger partial charge in [-0.05, 0) is 35.9 Å². The highest BCUT2D eigenvalue weighted by molar-refractivity contribution is 5.92. The second-order valence-electron chi connectivity index (χ2n) is 3.60. The average molecular weight is 258 g/mol. The first-order valence-electron chi connectivity index (χ1n) is 5.33. The number of phenols is 1. The van der Waals surface area contributed by atoms with Crippen molar-refractivity contribution < 1.29 is 9.90 Å². The fourth-order valence-electron chi connectivity index (χ4n) is 1.25. The lowest BCUT2D eigenvalue weighted by Gasteiger charge is -1.97. The van der Waals surface area contributed by atoms with Crippen LogP contribution in [-0.2, 0) is 0 Å². The topological polar surface area (TPSA) is 107 Å². The van der Waals surface area contributed by atoms with Gasteiger partial charge in [-0.15, -0.1) is 0 Å². The lowest BCUT2D eigenvalue weighted by Crippen LogP contribution is -2.21. The Hall–Kier alpha value is -2.96. The van der Waals surface area contributed by atoms with Crippen molar-refractivity contribution in [1.29, 1.82) is 0 Å². The molecule has 0 bridgehead atoms. The maximum absolute atomic E-state index is 11.6. The van der Waals surface area contributed by atoms with Crippen LogP contribution in [0.1, 0.15) is 16.1 Å². The Kier molecular flexibility index (Phi) is 3.67. The van der Waals surface area contributed by atoms with E-state index in [4.69, 9.17) is 5.11 Å². The van der Waals surface area contributed by atoms with Crippen LogP contribution in [-0.4, -0.2) is 27.4 Å². The lowest BCUT2D eigenvalue weighted by atomic mass is 10.2. The van der Waals surface area contributed by atoms with Crippen LogP contribution >= 0.6 is 0 Å². The van der Waals surface area contributed by atoms with Crippen molar-refractivity contribution in [3.05, 3.63) is 58.0 Å². The van der Waals surface area contributed by atoms with Gasteiger partial charge in [0.05, 0.1) is 6.21 Å². The summed E-state index contributed by atoms with van der Waals surface area (Å²) in [6, 6.07) is 8.79. The number of aromatic hydroxyl groups is 1. The zero-order valence-corrected chi connectivity index (χ0v) is 9.70. The molecule has 3 N–H and O–H groups in total. The number of amides is 1. The molecular formula is C12H10N4O3. The minimum atomic E-state index is -0.536. The molecule has 0 aliphatic carbocycles. The van der Waals surface area contributed by atoms with Gasteiger partial charge in [-0.2, -0.15) is 10.2 Å². The largest absolute Gasteiger partial charge is 0.508 e. The highest BCUT2D eigenvalue weighted by atomic mass is 16.3. The molecule has 96 valence electrons. The number of aromatic nitrogens is 2. The monoisotopic (exact) mass is 258 g/mol. The van der Waals surface area contributed by atoms with Crippen molar-refractivity contribution >= 4 is 12.1 Å². The first-order valence-corrected chi connectivity index (χ1v) is 5.33. The molecule has 0 saturated carbocycles. The lowest BCUT2D eigenvalue weighted by molar-refractivity contribution is 0.0949. The SMILES string of the molecule is O=C(N/N=C/c1ccc(O)cc1)c1ccc(=O)[nH]n1. The molecule has 0 unspecified atom stereocenters. The van der Waals surface area contributed by atoms with Crippen molar-refractivity contribution in [3.63, 3.8) is 0 Å². The van der Waals surface area contributed by atoms with Crippen molar-refractivity contribution in [2.45, 2.75) is 0 Å². The third-order valence-corrected chi connectivity index (χ3v) is 2.18. The summed E-state index contributed by atoms with van der Waals surface area (Å²) in [6.07, 6.45) is 1.42. The Balaban J connectivity index is 1.98. The molecule has 0 aliphatic rings. The van der Waals surface area contributed by atoms with Crippen LogP contribution in [0.4, 0.5) is 0 Å². The van der Waals surface area contributed by atoms with E-state index in [1.165, 1.54) is 30.5 Å². The van der Waals surface area contributed by atoms with Gasteiger partial charge < -0.3 is 5.11 Å². The molecule has 1 aromatic heterocycles. The second kappa shape index (κ2) is 5.58. The summed E-state index contributed by atoms with van der Waals surface area (Å²) >= 11 is 0. The number of benzene rings is 1. The van der Waals surface area contributed by atoms with E-state index in [2.05, 4.69) is 20.7 Å². The van der Waals surface area contributed by atoms with E-state index in [9.17, 15) is 9.59 Å². The number of nitrogens with zero attached hydrogens (tertiary/aromatic N) is 2. The van der Waals surface area contributed by atoms with Gasteiger partial charge in [-0.3, -0.25) is 9.59 Å². The van der Waals surface area contributed by atoms with Crippen molar-refractivity contribution in [2.75, 3.05) is 0 Å². The molecule has 2 aromatic rings. The number of rotatable bonds is 3. The molecule has 7 nitrogen and oxygen atoms in total. The van der Waals surface area contributed by atoms with Gasteiger partial charge in [-0.25, -0.2) is 10.5 Å². The Morgan fingerprint density at radius 1 is 1.26 bits per heavy atom. The molecule has 19 heavy (non-hydrogen) atoms.